The van der Waals surface area contributed by atoms with Gasteiger partial charge in [-0.25, -0.2) is 0 Å². The molecule has 1 aromatic carbocycles. The van der Waals surface area contributed by atoms with Gasteiger partial charge in [-0.1, -0.05) is 43.7 Å². The van der Waals surface area contributed by atoms with E-state index in [0.717, 1.165) is 0 Å². The van der Waals surface area contributed by atoms with E-state index in [9.17, 15) is 0 Å². The highest BCUT2D eigenvalue weighted by Crippen LogP contribution is 2.16. The fraction of sp³-hybridized carbons (Fsp3) is 0.625. The molecule has 1 nitrogen and oxygen atoms in total. The molecule has 0 spiro atoms. The van der Waals surface area contributed by atoms with E-state index < -0.39 is 0 Å². The first-order valence-electron chi connectivity index (χ1n) is 7.15. The van der Waals surface area contributed by atoms with E-state index in [0.29, 0.717) is 0 Å². The highest BCUT2D eigenvalue weighted by atomic mass is 35.5. The molecule has 0 N–H and O–H groups in total. The molecular formula is C16H28ClN. The molecular weight excluding hydrogens is 242 g/mol. The molecule has 0 aliphatic heterocycles. The van der Waals surface area contributed by atoms with Crippen molar-refractivity contribution < 1.29 is 16.9 Å². The Morgan fingerprint density at radius 3 is 2.00 bits per heavy atom. The van der Waals surface area contributed by atoms with Crippen LogP contribution in [0.1, 0.15) is 45.6 Å². The first-order valence-corrected chi connectivity index (χ1v) is 7.15. The Labute approximate surface area is 119 Å². The lowest BCUT2D eigenvalue weighted by molar-refractivity contribution is -0.938. The molecule has 0 saturated heterocycles. The predicted molar refractivity (Wildman–Crippen MR) is 75.9 cm³/mol. The van der Waals surface area contributed by atoms with Crippen LogP contribution in [0.25, 0.3) is 0 Å². The number of halogens is 1. The maximum atomic E-state index is 2.33. The van der Waals surface area contributed by atoms with Crippen molar-refractivity contribution in [3.8, 4) is 0 Å². The Kier molecular flexibility index (Phi) is 9.13. The fourth-order valence-electron chi connectivity index (χ4n) is 2.51. The molecule has 1 rings (SSSR count). The van der Waals surface area contributed by atoms with Crippen molar-refractivity contribution in [1.82, 2.24) is 0 Å². The number of hydrogen-bond donors (Lipinski definition) is 0. The smallest absolute Gasteiger partial charge is 0.104 e. The van der Waals surface area contributed by atoms with E-state index in [1.54, 1.807) is 0 Å². The van der Waals surface area contributed by atoms with Crippen molar-refractivity contribution in [3.05, 3.63) is 35.9 Å². The van der Waals surface area contributed by atoms with Gasteiger partial charge in [-0.3, -0.25) is 0 Å². The van der Waals surface area contributed by atoms with Gasteiger partial charge in [0.05, 0.1) is 19.6 Å². The summed E-state index contributed by atoms with van der Waals surface area (Å²) in [6, 6.07) is 10.9. The zero-order chi connectivity index (χ0) is 12.6. The molecule has 0 unspecified atom stereocenters. The van der Waals surface area contributed by atoms with Crippen molar-refractivity contribution in [3.63, 3.8) is 0 Å². The fourth-order valence-corrected chi connectivity index (χ4v) is 2.51. The maximum Gasteiger partial charge on any atom is 0.104 e. The monoisotopic (exact) mass is 269 g/mol. The minimum atomic E-state index is 0. The van der Waals surface area contributed by atoms with Crippen LogP contribution in [-0.4, -0.2) is 24.1 Å². The van der Waals surface area contributed by atoms with Gasteiger partial charge in [0.2, 0.25) is 0 Å². The largest absolute Gasteiger partial charge is 1.00 e. The summed E-state index contributed by atoms with van der Waals surface area (Å²) in [5.41, 5.74) is 1.48. The Balaban J connectivity index is 0.00000289. The van der Waals surface area contributed by atoms with Crippen molar-refractivity contribution >= 4 is 0 Å². The number of unbranched alkanes of at least 4 members (excludes halogenated alkanes) is 2. The zero-order valence-electron chi connectivity index (χ0n) is 12.2. The molecule has 0 fully saturated rings. The lowest BCUT2D eigenvalue weighted by atomic mass is 10.1. The lowest BCUT2D eigenvalue weighted by Crippen LogP contribution is -3.00. The second-order valence-electron chi connectivity index (χ2n) is 5.05. The maximum absolute atomic E-state index is 2.33. The molecule has 1 aromatic rings. The molecule has 0 saturated carbocycles. The summed E-state index contributed by atoms with van der Waals surface area (Å²) in [7, 11) is 0. The van der Waals surface area contributed by atoms with E-state index in [1.807, 2.05) is 0 Å². The molecule has 0 heterocycles. The minimum absolute atomic E-state index is 0. The summed E-state index contributed by atoms with van der Waals surface area (Å²) in [4.78, 5) is 0. The second kappa shape index (κ2) is 9.41. The lowest BCUT2D eigenvalue weighted by Gasteiger charge is -2.37. The highest BCUT2D eigenvalue weighted by Gasteiger charge is 2.22. The molecule has 0 atom stereocenters. The van der Waals surface area contributed by atoms with Crippen LogP contribution < -0.4 is 12.4 Å². The molecule has 0 aliphatic rings. The van der Waals surface area contributed by atoms with Gasteiger partial charge in [-0.15, -0.1) is 0 Å². The van der Waals surface area contributed by atoms with Crippen molar-refractivity contribution in [2.24, 2.45) is 0 Å². The van der Waals surface area contributed by atoms with Gasteiger partial charge in [0.25, 0.3) is 0 Å². The van der Waals surface area contributed by atoms with E-state index in [-0.39, 0.29) is 12.4 Å². The molecule has 2 heteroatoms. The summed E-state index contributed by atoms with van der Waals surface area (Å²) >= 11 is 0. The molecule has 0 bridgehead atoms. The molecule has 18 heavy (non-hydrogen) atoms. The first kappa shape index (κ1) is 17.5. The summed E-state index contributed by atoms with van der Waals surface area (Å²) < 4.78 is 1.24. The van der Waals surface area contributed by atoms with Gasteiger partial charge in [-0.05, 0) is 26.7 Å². The van der Waals surface area contributed by atoms with E-state index in [1.165, 1.54) is 55.5 Å². The third kappa shape index (κ3) is 5.41. The van der Waals surface area contributed by atoms with E-state index in [2.05, 4.69) is 51.1 Å². The van der Waals surface area contributed by atoms with Crippen LogP contribution in [0.4, 0.5) is 0 Å². The molecule has 104 valence electrons. The summed E-state index contributed by atoms with van der Waals surface area (Å²) in [6.45, 7) is 12.0. The van der Waals surface area contributed by atoms with Crippen LogP contribution >= 0.6 is 0 Å². The number of hydrogen-bond acceptors (Lipinski definition) is 0. The Hall–Kier alpha value is -0.530. The number of rotatable bonds is 8. The third-order valence-corrected chi connectivity index (χ3v) is 3.94. The SMILES string of the molecule is CCCCC[N+](CC)(CC)Cc1ccccc1.[Cl-]. The molecule has 0 amide bonds. The Morgan fingerprint density at radius 1 is 0.889 bits per heavy atom. The van der Waals surface area contributed by atoms with Gasteiger partial charge in [0.15, 0.2) is 0 Å². The first-order chi connectivity index (χ1) is 8.26. The summed E-state index contributed by atoms with van der Waals surface area (Å²) in [6.07, 6.45) is 4.05. The van der Waals surface area contributed by atoms with Crippen LogP contribution in [-0.2, 0) is 6.54 Å². The Bertz CT molecular complexity index is 293. The van der Waals surface area contributed by atoms with Crippen molar-refractivity contribution in [2.75, 3.05) is 19.6 Å². The molecule has 0 aliphatic carbocycles. The quantitative estimate of drug-likeness (QED) is 0.492. The predicted octanol–water partition coefficient (Wildman–Crippen LogP) is 1.24. The van der Waals surface area contributed by atoms with Gasteiger partial charge < -0.3 is 16.9 Å². The third-order valence-electron chi connectivity index (χ3n) is 3.94. The van der Waals surface area contributed by atoms with Crippen LogP contribution in [0.2, 0.25) is 0 Å². The van der Waals surface area contributed by atoms with Gasteiger partial charge in [-0.2, -0.15) is 0 Å². The van der Waals surface area contributed by atoms with Crippen LogP contribution in [0.15, 0.2) is 30.3 Å². The highest BCUT2D eigenvalue weighted by molar-refractivity contribution is 5.13. The summed E-state index contributed by atoms with van der Waals surface area (Å²) in [5, 5.41) is 0. The molecule has 0 aromatic heterocycles. The van der Waals surface area contributed by atoms with Gasteiger partial charge in [0, 0.05) is 5.56 Å². The topological polar surface area (TPSA) is 0 Å². The number of nitrogens with zero attached hydrogens (tertiary/aromatic N) is 1. The Morgan fingerprint density at radius 2 is 1.50 bits per heavy atom. The van der Waals surface area contributed by atoms with Crippen molar-refractivity contribution in [1.29, 1.82) is 0 Å². The van der Waals surface area contributed by atoms with Crippen LogP contribution in [0.3, 0.4) is 0 Å². The number of benzene rings is 1. The summed E-state index contributed by atoms with van der Waals surface area (Å²) in [5.74, 6) is 0. The zero-order valence-corrected chi connectivity index (χ0v) is 12.9. The second-order valence-corrected chi connectivity index (χ2v) is 5.05. The average Bonchev–Trinajstić information content (AvgIpc) is 2.39. The van der Waals surface area contributed by atoms with Gasteiger partial charge in [0.1, 0.15) is 6.54 Å². The normalized spacial score (nSPS) is 11.1. The standard InChI is InChI=1S/C16H28N.ClH/c1-4-7-11-14-17(5-2,6-3)15-16-12-9-8-10-13-16;/h8-10,12-13H,4-7,11,14-15H2,1-3H3;1H/q+1;/p-1. The van der Waals surface area contributed by atoms with Gasteiger partial charge >= 0.3 is 0 Å². The van der Waals surface area contributed by atoms with Crippen LogP contribution in [0, 0.1) is 0 Å². The van der Waals surface area contributed by atoms with E-state index >= 15 is 0 Å². The minimum Gasteiger partial charge on any atom is -1.00 e. The van der Waals surface area contributed by atoms with Crippen LogP contribution in [0.5, 0.6) is 0 Å². The average molecular weight is 270 g/mol. The van der Waals surface area contributed by atoms with Crippen molar-refractivity contribution in [2.45, 2.75) is 46.6 Å². The number of quaternary nitrogens is 1. The molecule has 0 radical (unpaired) electrons. The van der Waals surface area contributed by atoms with E-state index in [4.69, 9.17) is 0 Å².